The number of carboxylic acid groups (broad SMARTS) is 1. The second-order valence-electron chi connectivity index (χ2n) is 6.05. The van der Waals surface area contributed by atoms with E-state index in [1.807, 2.05) is 54.6 Å². The van der Waals surface area contributed by atoms with Gasteiger partial charge in [-0.3, -0.25) is 0 Å². The lowest BCUT2D eigenvalue weighted by Crippen LogP contribution is -2.10. The predicted molar refractivity (Wildman–Crippen MR) is 123 cm³/mol. The maximum absolute atomic E-state index is 14.4. The fraction of sp³-hybridized carbons (Fsp3) is 0.0870. The van der Waals surface area contributed by atoms with Crippen molar-refractivity contribution in [2.75, 3.05) is 12.4 Å². The first-order valence-electron chi connectivity index (χ1n) is 8.82. The Morgan fingerprint density at radius 1 is 1.07 bits per heavy atom. The molecule has 0 unspecified atom stereocenters. The van der Waals surface area contributed by atoms with Crippen LogP contribution < -0.4 is 4.74 Å². The molecule has 3 rings (SSSR count). The van der Waals surface area contributed by atoms with Crippen molar-refractivity contribution < 1.29 is 19.0 Å². The van der Waals surface area contributed by atoms with E-state index in [2.05, 4.69) is 22.6 Å². The fourth-order valence-corrected chi connectivity index (χ4v) is 4.42. The Morgan fingerprint density at radius 2 is 1.79 bits per heavy atom. The van der Waals surface area contributed by atoms with Crippen molar-refractivity contribution in [2.45, 2.75) is 4.90 Å². The van der Waals surface area contributed by atoms with Crippen molar-refractivity contribution in [1.82, 2.24) is 0 Å². The summed E-state index contributed by atoms with van der Waals surface area (Å²) in [5.41, 5.74) is 2.39. The van der Waals surface area contributed by atoms with Crippen molar-refractivity contribution in [1.29, 1.82) is 0 Å². The Labute approximate surface area is 186 Å². The van der Waals surface area contributed by atoms with E-state index in [0.717, 1.165) is 19.6 Å². The molecule has 0 radical (unpaired) electrons. The van der Waals surface area contributed by atoms with Gasteiger partial charge in [0.05, 0.1) is 3.57 Å². The summed E-state index contributed by atoms with van der Waals surface area (Å²) < 4.78 is 20.5. The van der Waals surface area contributed by atoms with Gasteiger partial charge in [-0.15, -0.1) is 11.8 Å². The van der Waals surface area contributed by atoms with Crippen LogP contribution in [0.25, 0.3) is 5.57 Å². The highest BCUT2D eigenvalue weighted by Gasteiger charge is 2.10. The van der Waals surface area contributed by atoms with Crippen LogP contribution in [0.15, 0.2) is 83.8 Å². The molecule has 0 heterocycles. The van der Waals surface area contributed by atoms with E-state index < -0.39 is 5.97 Å². The molecule has 6 heteroatoms. The highest BCUT2D eigenvalue weighted by molar-refractivity contribution is 14.1. The van der Waals surface area contributed by atoms with Crippen molar-refractivity contribution in [2.24, 2.45) is 0 Å². The Morgan fingerprint density at radius 3 is 2.48 bits per heavy atom. The monoisotopic (exact) mass is 520 g/mol. The van der Waals surface area contributed by atoms with E-state index in [0.29, 0.717) is 17.1 Å². The molecule has 0 fully saturated rings. The third-order valence-corrected chi connectivity index (χ3v) is 5.80. The summed E-state index contributed by atoms with van der Waals surface area (Å²) in [4.78, 5) is 11.7. The average molecular weight is 520 g/mol. The highest BCUT2D eigenvalue weighted by atomic mass is 127. The Balaban J connectivity index is 1.78. The van der Waals surface area contributed by atoms with Crippen LogP contribution in [0.5, 0.6) is 5.75 Å². The van der Waals surface area contributed by atoms with Crippen LogP contribution in [0.3, 0.4) is 0 Å². The number of carboxylic acids is 1. The van der Waals surface area contributed by atoms with Crippen molar-refractivity contribution >= 4 is 45.9 Å². The van der Waals surface area contributed by atoms with Crippen LogP contribution >= 0.6 is 34.4 Å². The fourth-order valence-electron chi connectivity index (χ4n) is 2.73. The van der Waals surface area contributed by atoms with Gasteiger partial charge in [0.1, 0.15) is 11.6 Å². The lowest BCUT2D eigenvalue weighted by atomic mass is 9.97. The zero-order chi connectivity index (χ0) is 20.6. The Hall–Kier alpha value is -2.32. The smallest absolute Gasteiger partial charge is 0.341 e. The number of halogens is 2. The summed E-state index contributed by atoms with van der Waals surface area (Å²) in [7, 11) is 0. The molecule has 0 aliphatic carbocycles. The predicted octanol–water partition coefficient (Wildman–Crippen LogP) is 6.12. The second-order valence-corrected chi connectivity index (χ2v) is 8.30. The summed E-state index contributed by atoms with van der Waals surface area (Å²) in [5.74, 6) is -0.0541. The third kappa shape index (κ3) is 6.08. The van der Waals surface area contributed by atoms with Gasteiger partial charge in [-0.2, -0.15) is 0 Å². The molecule has 3 aromatic rings. The van der Waals surface area contributed by atoms with Gasteiger partial charge >= 0.3 is 5.97 Å². The lowest BCUT2D eigenvalue weighted by molar-refractivity contribution is -0.139. The minimum absolute atomic E-state index is 0.248. The summed E-state index contributed by atoms with van der Waals surface area (Å²) >= 11 is 3.74. The van der Waals surface area contributed by atoms with E-state index in [1.165, 1.54) is 6.07 Å². The maximum Gasteiger partial charge on any atom is 0.341 e. The zero-order valence-corrected chi connectivity index (χ0v) is 18.3. The van der Waals surface area contributed by atoms with Crippen molar-refractivity contribution in [3.8, 4) is 5.75 Å². The normalized spacial score (nSPS) is 11.3. The van der Waals surface area contributed by atoms with Crippen LogP contribution in [0.1, 0.15) is 11.1 Å². The highest BCUT2D eigenvalue weighted by Crippen LogP contribution is 2.30. The molecule has 0 bridgehead atoms. The number of rotatable bonds is 8. The van der Waals surface area contributed by atoms with Gasteiger partial charge in [0.25, 0.3) is 0 Å². The molecule has 0 spiro atoms. The third-order valence-electron chi connectivity index (χ3n) is 4.04. The number of ether oxygens (including phenoxy) is 1. The number of carbonyl (C=O) groups is 1. The van der Waals surface area contributed by atoms with Gasteiger partial charge in [0.15, 0.2) is 6.61 Å². The maximum atomic E-state index is 14.4. The van der Waals surface area contributed by atoms with Crippen LogP contribution in [0.2, 0.25) is 0 Å². The van der Waals surface area contributed by atoms with Gasteiger partial charge in [-0.25, -0.2) is 9.18 Å². The number of thioether (sulfide) groups is 1. The van der Waals surface area contributed by atoms with E-state index in [4.69, 9.17) is 9.84 Å². The van der Waals surface area contributed by atoms with Gasteiger partial charge in [-0.1, -0.05) is 54.6 Å². The summed E-state index contributed by atoms with van der Waals surface area (Å²) in [5, 5.41) is 8.73. The zero-order valence-electron chi connectivity index (χ0n) is 15.3. The van der Waals surface area contributed by atoms with Crippen LogP contribution in [-0.2, 0) is 4.79 Å². The molecular weight excluding hydrogens is 502 g/mol. The van der Waals surface area contributed by atoms with Gasteiger partial charge in [0.2, 0.25) is 0 Å². The van der Waals surface area contributed by atoms with Crippen LogP contribution in [0, 0.1) is 9.39 Å². The molecule has 0 atom stereocenters. The molecule has 0 amide bonds. The van der Waals surface area contributed by atoms with E-state index in [9.17, 15) is 9.18 Å². The van der Waals surface area contributed by atoms with Gasteiger partial charge < -0.3 is 9.84 Å². The number of hydrogen-bond acceptors (Lipinski definition) is 3. The van der Waals surface area contributed by atoms with E-state index >= 15 is 0 Å². The van der Waals surface area contributed by atoms with Crippen LogP contribution in [0.4, 0.5) is 4.39 Å². The minimum Gasteiger partial charge on any atom is -0.481 e. The molecule has 0 saturated heterocycles. The first-order chi connectivity index (χ1) is 14.0. The molecule has 0 aliphatic rings. The minimum atomic E-state index is -1.01. The number of hydrogen-bond donors (Lipinski definition) is 1. The largest absolute Gasteiger partial charge is 0.481 e. The SMILES string of the molecule is O=C(O)COc1ccc(SCC=C(c2ccccc2)c2ccccc2F)cc1I. The van der Waals surface area contributed by atoms with Gasteiger partial charge in [0, 0.05) is 16.2 Å². The average Bonchev–Trinajstić information content (AvgIpc) is 2.72. The molecule has 1 N–H and O–H groups in total. The summed E-state index contributed by atoms with van der Waals surface area (Å²) in [6.45, 7) is -0.367. The second kappa shape index (κ2) is 10.5. The van der Waals surface area contributed by atoms with E-state index in [-0.39, 0.29) is 12.4 Å². The number of aliphatic carboxylic acids is 1. The number of benzene rings is 3. The van der Waals surface area contributed by atoms with Crippen molar-refractivity contribution in [3.63, 3.8) is 0 Å². The molecule has 29 heavy (non-hydrogen) atoms. The lowest BCUT2D eigenvalue weighted by Gasteiger charge is -2.10. The van der Waals surface area contributed by atoms with Gasteiger partial charge in [-0.05, 0) is 58.0 Å². The Kier molecular flexibility index (Phi) is 7.71. The van der Waals surface area contributed by atoms with Crippen LogP contribution in [-0.4, -0.2) is 23.4 Å². The first kappa shape index (κ1) is 21.4. The first-order valence-corrected chi connectivity index (χ1v) is 10.9. The Bertz CT molecular complexity index is 1020. The molecule has 0 aromatic heterocycles. The standard InChI is InChI=1S/C23H18FIO3S/c24-20-9-5-4-8-19(20)18(16-6-2-1-3-7-16)12-13-29-17-10-11-22(21(25)14-17)28-15-23(26)27/h1-12,14H,13,15H2,(H,26,27). The molecule has 148 valence electrons. The topological polar surface area (TPSA) is 46.5 Å². The quantitative estimate of drug-likeness (QED) is 0.287. The summed E-state index contributed by atoms with van der Waals surface area (Å²) in [6.07, 6.45) is 2.03. The molecule has 0 aliphatic heterocycles. The van der Waals surface area contributed by atoms with E-state index in [1.54, 1.807) is 30.0 Å². The van der Waals surface area contributed by atoms with Crippen molar-refractivity contribution in [3.05, 3.63) is 99.4 Å². The summed E-state index contributed by atoms with van der Waals surface area (Å²) in [6, 6.07) is 22.1. The molecule has 3 aromatic carbocycles. The molecular formula is C23H18FIO3S. The molecule has 0 saturated carbocycles. The molecule has 3 nitrogen and oxygen atoms in total.